The summed E-state index contributed by atoms with van der Waals surface area (Å²) in [6, 6.07) is 10.4. The number of hydrogen-bond donors (Lipinski definition) is 0. The normalized spacial score (nSPS) is 15.3. The van der Waals surface area contributed by atoms with E-state index in [2.05, 4.69) is 15.3 Å². The fourth-order valence-electron chi connectivity index (χ4n) is 3.78. The minimum absolute atomic E-state index is 0.0225. The molecule has 1 amide bonds. The maximum Gasteiger partial charge on any atom is 0.453 e. The first-order valence-corrected chi connectivity index (χ1v) is 9.75. The summed E-state index contributed by atoms with van der Waals surface area (Å²) < 4.78 is 45.4. The number of amides is 1. The number of fused-ring (bicyclic) bond motifs is 1. The SMILES string of the molecule is COc1ccccc1N(C)C(=O)C1CCN(c2ccc3nnc(C(F)(F)F)n3n2)CC1. The number of aromatic nitrogens is 4. The maximum absolute atomic E-state index is 13.1. The lowest BCUT2D eigenvalue weighted by Crippen LogP contribution is -2.41. The molecule has 3 aromatic rings. The van der Waals surface area contributed by atoms with E-state index >= 15 is 0 Å². The molecule has 8 nitrogen and oxygen atoms in total. The number of halogens is 3. The Hall–Kier alpha value is -3.37. The van der Waals surface area contributed by atoms with Gasteiger partial charge in [0.15, 0.2) is 5.65 Å². The zero-order chi connectivity index (χ0) is 22.2. The average molecular weight is 434 g/mol. The van der Waals surface area contributed by atoms with E-state index in [4.69, 9.17) is 4.74 Å². The van der Waals surface area contributed by atoms with Crippen molar-refractivity contribution in [1.82, 2.24) is 19.8 Å². The lowest BCUT2D eigenvalue weighted by Gasteiger charge is -2.34. The van der Waals surface area contributed by atoms with E-state index in [1.165, 1.54) is 6.07 Å². The molecule has 164 valence electrons. The summed E-state index contributed by atoms with van der Waals surface area (Å²) in [5, 5.41) is 10.8. The molecular weight excluding hydrogens is 413 g/mol. The van der Waals surface area contributed by atoms with Gasteiger partial charge >= 0.3 is 6.18 Å². The van der Waals surface area contributed by atoms with Gasteiger partial charge < -0.3 is 14.5 Å². The predicted molar refractivity (Wildman–Crippen MR) is 107 cm³/mol. The summed E-state index contributed by atoms with van der Waals surface area (Å²) in [5.41, 5.74) is 0.719. The standard InChI is InChI=1S/C20H21F3N6O2/c1-27(14-5-3-4-6-15(14)31-2)18(30)13-9-11-28(12-10-13)17-8-7-16-24-25-19(20(21,22)23)29(16)26-17/h3-8,13H,9-12H2,1-2H3. The molecular formula is C20H21F3N6O2. The number of hydrogen-bond acceptors (Lipinski definition) is 6. The lowest BCUT2D eigenvalue weighted by molar-refractivity contribution is -0.146. The van der Waals surface area contributed by atoms with Crippen molar-refractivity contribution < 1.29 is 22.7 Å². The van der Waals surface area contributed by atoms with Gasteiger partial charge in [-0.25, -0.2) is 0 Å². The van der Waals surface area contributed by atoms with Crippen LogP contribution in [0.2, 0.25) is 0 Å². The van der Waals surface area contributed by atoms with Crippen LogP contribution in [0.1, 0.15) is 18.7 Å². The quantitative estimate of drug-likeness (QED) is 0.628. The number of rotatable bonds is 4. The summed E-state index contributed by atoms with van der Waals surface area (Å²) in [7, 11) is 3.27. The minimum atomic E-state index is -4.65. The molecule has 0 unspecified atom stereocenters. The molecule has 31 heavy (non-hydrogen) atoms. The van der Waals surface area contributed by atoms with Gasteiger partial charge in [0, 0.05) is 26.1 Å². The topological polar surface area (TPSA) is 75.9 Å². The first-order valence-electron chi connectivity index (χ1n) is 9.75. The number of alkyl halides is 3. The van der Waals surface area contributed by atoms with Crippen molar-refractivity contribution in [3.05, 3.63) is 42.2 Å². The molecule has 1 fully saturated rings. The van der Waals surface area contributed by atoms with Crippen LogP contribution < -0.4 is 14.5 Å². The number of benzene rings is 1. The number of nitrogens with zero attached hydrogens (tertiary/aromatic N) is 6. The summed E-state index contributed by atoms with van der Waals surface area (Å²) in [4.78, 5) is 16.5. The molecule has 1 aliphatic rings. The van der Waals surface area contributed by atoms with Gasteiger partial charge in [-0.3, -0.25) is 4.79 Å². The third-order valence-corrected chi connectivity index (χ3v) is 5.45. The molecule has 0 spiro atoms. The number of piperidine rings is 1. The highest BCUT2D eigenvalue weighted by atomic mass is 19.4. The molecule has 1 aliphatic heterocycles. The van der Waals surface area contributed by atoms with E-state index in [9.17, 15) is 18.0 Å². The van der Waals surface area contributed by atoms with Crippen LogP contribution >= 0.6 is 0 Å². The van der Waals surface area contributed by atoms with Crippen LogP contribution in [0, 0.1) is 5.92 Å². The largest absolute Gasteiger partial charge is 0.495 e. The van der Waals surface area contributed by atoms with E-state index in [1.807, 2.05) is 23.1 Å². The van der Waals surface area contributed by atoms with Gasteiger partial charge in [0.2, 0.25) is 5.91 Å². The summed E-state index contributed by atoms with van der Waals surface area (Å²) >= 11 is 0. The predicted octanol–water partition coefficient (Wildman–Crippen LogP) is 3.03. The molecule has 0 radical (unpaired) electrons. The van der Waals surface area contributed by atoms with Crippen molar-refractivity contribution in [3.8, 4) is 5.75 Å². The summed E-state index contributed by atoms with van der Waals surface area (Å²) in [5.74, 6) is -0.376. The third-order valence-electron chi connectivity index (χ3n) is 5.45. The monoisotopic (exact) mass is 434 g/mol. The Morgan fingerprint density at radius 3 is 2.52 bits per heavy atom. The molecule has 0 bridgehead atoms. The number of methoxy groups -OCH3 is 1. The molecule has 1 aromatic carbocycles. The van der Waals surface area contributed by atoms with Gasteiger partial charge in [-0.05, 0) is 37.1 Å². The molecule has 3 heterocycles. The van der Waals surface area contributed by atoms with Crippen LogP contribution in [0.25, 0.3) is 5.65 Å². The number of ether oxygens (including phenoxy) is 1. The molecule has 0 atom stereocenters. The lowest BCUT2D eigenvalue weighted by atomic mass is 9.95. The van der Waals surface area contributed by atoms with E-state index in [0.717, 1.165) is 0 Å². The van der Waals surface area contributed by atoms with Crippen LogP contribution in [-0.4, -0.2) is 53.0 Å². The number of para-hydroxylation sites is 2. The van der Waals surface area contributed by atoms with Crippen molar-refractivity contribution in [2.24, 2.45) is 5.92 Å². The second-order valence-corrected chi connectivity index (χ2v) is 7.31. The molecule has 2 aromatic heterocycles. The Bertz CT molecular complexity index is 1090. The Morgan fingerprint density at radius 1 is 1.13 bits per heavy atom. The maximum atomic E-state index is 13.1. The summed E-state index contributed by atoms with van der Waals surface area (Å²) in [6.07, 6.45) is -3.52. The first kappa shape index (κ1) is 20.9. The molecule has 0 saturated carbocycles. The van der Waals surface area contributed by atoms with Crippen molar-refractivity contribution in [1.29, 1.82) is 0 Å². The summed E-state index contributed by atoms with van der Waals surface area (Å²) in [6.45, 7) is 0.996. The van der Waals surface area contributed by atoms with E-state index in [-0.39, 0.29) is 17.5 Å². The zero-order valence-electron chi connectivity index (χ0n) is 17.0. The van der Waals surface area contributed by atoms with Crippen LogP contribution in [0.3, 0.4) is 0 Å². The Kier molecular flexibility index (Phi) is 5.42. The van der Waals surface area contributed by atoms with Gasteiger partial charge in [-0.2, -0.15) is 17.7 Å². The fourth-order valence-corrected chi connectivity index (χ4v) is 3.78. The van der Waals surface area contributed by atoms with Gasteiger partial charge in [-0.15, -0.1) is 15.3 Å². The Balaban J connectivity index is 1.47. The van der Waals surface area contributed by atoms with Gasteiger partial charge in [-0.1, -0.05) is 12.1 Å². The van der Waals surface area contributed by atoms with E-state index in [1.54, 1.807) is 31.2 Å². The zero-order valence-corrected chi connectivity index (χ0v) is 17.0. The second kappa shape index (κ2) is 8.05. The molecule has 11 heteroatoms. The average Bonchev–Trinajstić information content (AvgIpc) is 3.22. The van der Waals surface area contributed by atoms with Crippen molar-refractivity contribution >= 4 is 23.1 Å². The highest BCUT2D eigenvalue weighted by Gasteiger charge is 2.38. The smallest absolute Gasteiger partial charge is 0.453 e. The van der Waals surface area contributed by atoms with Gasteiger partial charge in [0.05, 0.1) is 12.8 Å². The second-order valence-electron chi connectivity index (χ2n) is 7.31. The molecule has 4 rings (SSSR count). The van der Waals surface area contributed by atoms with Crippen molar-refractivity contribution in [3.63, 3.8) is 0 Å². The first-order chi connectivity index (χ1) is 14.8. The number of carbonyl (C=O) groups is 1. The van der Waals surface area contributed by atoms with E-state index < -0.39 is 12.0 Å². The molecule has 0 aliphatic carbocycles. The highest BCUT2D eigenvalue weighted by Crippen LogP contribution is 2.31. The van der Waals surface area contributed by atoms with E-state index in [0.29, 0.717) is 47.7 Å². The van der Waals surface area contributed by atoms with Crippen LogP contribution in [0.4, 0.5) is 24.7 Å². The van der Waals surface area contributed by atoms with Crippen LogP contribution in [0.5, 0.6) is 5.75 Å². The highest BCUT2D eigenvalue weighted by molar-refractivity contribution is 5.96. The van der Waals surface area contributed by atoms with Crippen molar-refractivity contribution in [2.75, 3.05) is 37.0 Å². The van der Waals surface area contributed by atoms with Gasteiger partial charge in [0.25, 0.3) is 5.82 Å². The van der Waals surface area contributed by atoms with Crippen LogP contribution in [-0.2, 0) is 11.0 Å². The number of carbonyl (C=O) groups excluding carboxylic acids is 1. The fraction of sp³-hybridized carbons (Fsp3) is 0.400. The van der Waals surface area contributed by atoms with Crippen molar-refractivity contribution in [2.45, 2.75) is 19.0 Å². The van der Waals surface area contributed by atoms with Gasteiger partial charge in [0.1, 0.15) is 11.6 Å². The Labute approximate surface area is 176 Å². The number of anilines is 2. The van der Waals surface area contributed by atoms with Crippen LogP contribution in [0.15, 0.2) is 36.4 Å². The molecule has 0 N–H and O–H groups in total. The molecule has 1 saturated heterocycles. The Morgan fingerprint density at radius 2 is 1.84 bits per heavy atom. The third kappa shape index (κ3) is 3.99. The minimum Gasteiger partial charge on any atom is -0.495 e.